The first kappa shape index (κ1) is 24.4. The summed E-state index contributed by atoms with van der Waals surface area (Å²) in [5.41, 5.74) is 4.14. The summed E-state index contributed by atoms with van der Waals surface area (Å²) in [6.07, 6.45) is 1.34. The van der Waals surface area contributed by atoms with Crippen LogP contribution in [-0.4, -0.2) is 70.6 Å². The minimum atomic E-state index is -1.07. The average Bonchev–Trinajstić information content (AvgIpc) is 2.80. The maximum absolute atomic E-state index is 14.4. The van der Waals surface area contributed by atoms with Gasteiger partial charge in [0.15, 0.2) is 5.78 Å². The van der Waals surface area contributed by atoms with Crippen molar-refractivity contribution >= 4 is 5.78 Å². The van der Waals surface area contributed by atoms with Crippen molar-refractivity contribution in [1.29, 1.82) is 0 Å². The minimum Gasteiger partial charge on any atom is -0.394 e. The number of likely N-dealkylation sites (tertiary alicyclic amines) is 1. The Morgan fingerprint density at radius 2 is 1.88 bits per heavy atom. The fourth-order valence-corrected chi connectivity index (χ4v) is 4.00. The van der Waals surface area contributed by atoms with Crippen LogP contribution < -0.4 is 5.48 Å². The number of rotatable bonds is 11. The van der Waals surface area contributed by atoms with Crippen LogP contribution in [0.4, 0.5) is 4.39 Å². The predicted octanol–water partition coefficient (Wildman–Crippen LogP) is 2.13. The summed E-state index contributed by atoms with van der Waals surface area (Å²) in [5, 5.41) is 28.5. The van der Waals surface area contributed by atoms with Crippen molar-refractivity contribution in [2.45, 2.75) is 44.1 Å². The number of aliphatic hydroxyl groups excluding tert-OH is 2. The summed E-state index contributed by atoms with van der Waals surface area (Å²) in [4.78, 5) is 14.0. The first-order valence-corrected chi connectivity index (χ1v) is 10.9. The highest BCUT2D eigenvalue weighted by atomic mass is 19.1. The molecule has 3 atom stereocenters. The van der Waals surface area contributed by atoms with E-state index >= 15 is 0 Å². The molecule has 0 amide bonds. The Balaban J connectivity index is 1.36. The van der Waals surface area contributed by atoms with Gasteiger partial charge < -0.3 is 20.2 Å². The van der Waals surface area contributed by atoms with Crippen LogP contribution in [0.1, 0.15) is 24.8 Å². The topological polar surface area (TPSA) is 102 Å². The number of Topliss-reactive ketones (excluding diaryl/α,β-unsaturated/α-hetero) is 1. The molecule has 3 unspecified atom stereocenters. The number of hydroxylamine groups is 1. The van der Waals surface area contributed by atoms with Crippen LogP contribution in [0.25, 0.3) is 11.1 Å². The van der Waals surface area contributed by atoms with Gasteiger partial charge in [-0.05, 0) is 43.0 Å². The number of ketones is 1. The monoisotopic (exact) mass is 446 g/mol. The number of carbonyl (C=O) groups excluding carboxylic acids is 1. The Morgan fingerprint density at radius 3 is 2.56 bits per heavy atom. The number of nitrogens with one attached hydrogen (secondary N) is 1. The van der Waals surface area contributed by atoms with Crippen molar-refractivity contribution in [2.75, 3.05) is 26.3 Å². The van der Waals surface area contributed by atoms with Gasteiger partial charge in [-0.1, -0.05) is 42.5 Å². The molecule has 2 aromatic rings. The average molecular weight is 447 g/mol. The van der Waals surface area contributed by atoms with Crippen molar-refractivity contribution in [3.8, 4) is 11.1 Å². The summed E-state index contributed by atoms with van der Waals surface area (Å²) >= 11 is 0. The van der Waals surface area contributed by atoms with E-state index in [2.05, 4.69) is 0 Å². The minimum absolute atomic E-state index is 0.198. The number of hydrogen-bond donors (Lipinski definition) is 4. The summed E-state index contributed by atoms with van der Waals surface area (Å²) in [5.74, 6) is -0.706. The van der Waals surface area contributed by atoms with Gasteiger partial charge in [0.05, 0.1) is 25.4 Å². The Kier molecular flexibility index (Phi) is 9.28. The van der Waals surface area contributed by atoms with Crippen molar-refractivity contribution < 1.29 is 29.3 Å². The van der Waals surface area contributed by atoms with E-state index in [-0.39, 0.29) is 25.6 Å². The lowest BCUT2D eigenvalue weighted by molar-refractivity contribution is -0.142. The van der Waals surface area contributed by atoms with E-state index < -0.39 is 24.0 Å². The van der Waals surface area contributed by atoms with Gasteiger partial charge in [0.1, 0.15) is 11.9 Å². The molecule has 0 bridgehead atoms. The maximum atomic E-state index is 14.4. The third-order valence-corrected chi connectivity index (χ3v) is 5.85. The van der Waals surface area contributed by atoms with Crippen LogP contribution in [-0.2, 0) is 16.1 Å². The van der Waals surface area contributed by atoms with Gasteiger partial charge in [-0.25, -0.2) is 4.39 Å². The Hall–Kier alpha value is -2.20. The second-order valence-electron chi connectivity index (χ2n) is 8.06. The highest BCUT2D eigenvalue weighted by molar-refractivity contribution is 5.90. The van der Waals surface area contributed by atoms with Gasteiger partial charge in [0.25, 0.3) is 0 Å². The largest absolute Gasteiger partial charge is 0.394 e. The lowest BCUT2D eigenvalue weighted by Gasteiger charge is -2.39. The lowest BCUT2D eigenvalue weighted by atomic mass is 9.94. The fourth-order valence-electron chi connectivity index (χ4n) is 4.00. The van der Waals surface area contributed by atoms with Crippen LogP contribution in [0.15, 0.2) is 48.5 Å². The zero-order valence-corrected chi connectivity index (χ0v) is 18.0. The number of ether oxygens (including phenoxy) is 1. The maximum Gasteiger partial charge on any atom is 0.174 e. The normalized spacial score (nSPS) is 21.8. The molecule has 0 saturated carbocycles. The lowest BCUT2D eigenvalue weighted by Crippen LogP contribution is -2.64. The predicted molar refractivity (Wildman–Crippen MR) is 118 cm³/mol. The smallest absolute Gasteiger partial charge is 0.174 e. The van der Waals surface area contributed by atoms with Crippen molar-refractivity contribution in [1.82, 2.24) is 10.4 Å². The summed E-state index contributed by atoms with van der Waals surface area (Å²) in [6.45, 7) is 1.07. The molecule has 0 spiro atoms. The fraction of sp³-hybridized carbons (Fsp3) is 0.458. The number of halogens is 1. The van der Waals surface area contributed by atoms with E-state index in [1.807, 2.05) is 41.9 Å². The standard InChI is InChI=1S/C24H31FN2O5/c25-20-13-18(17-7-3-1-4-8-17)9-10-19(20)16-32-12-6-2-5-11-27-14-22(29)23(26-31)24(30)21(27)15-28/h1,3-4,7-10,13,21-23,26,28-29,31H,2,5-6,11-12,14-16H2. The molecule has 1 saturated heterocycles. The van der Waals surface area contributed by atoms with Crippen LogP contribution >= 0.6 is 0 Å². The van der Waals surface area contributed by atoms with Crippen LogP contribution in [0.2, 0.25) is 0 Å². The molecule has 0 aromatic heterocycles. The van der Waals surface area contributed by atoms with Crippen LogP contribution in [0.5, 0.6) is 0 Å². The molecular weight excluding hydrogens is 415 g/mol. The van der Waals surface area contributed by atoms with E-state index in [0.717, 1.165) is 30.4 Å². The summed E-state index contributed by atoms with van der Waals surface area (Å²) in [6, 6.07) is 13.0. The first-order valence-electron chi connectivity index (χ1n) is 10.9. The molecule has 2 aromatic carbocycles. The number of aliphatic hydroxyl groups is 2. The molecule has 4 N–H and O–H groups in total. The van der Waals surface area contributed by atoms with Gasteiger partial charge in [0.2, 0.25) is 0 Å². The summed E-state index contributed by atoms with van der Waals surface area (Å²) in [7, 11) is 0. The van der Waals surface area contributed by atoms with Crippen LogP contribution in [0, 0.1) is 5.82 Å². The molecule has 1 fully saturated rings. The van der Waals surface area contributed by atoms with Gasteiger partial charge in [-0.15, -0.1) is 0 Å². The zero-order valence-electron chi connectivity index (χ0n) is 18.0. The Labute approximate surface area is 187 Å². The van der Waals surface area contributed by atoms with Gasteiger partial charge >= 0.3 is 0 Å². The first-order chi connectivity index (χ1) is 15.5. The SMILES string of the molecule is O=C1C(NO)C(O)CN(CCCCCOCc2ccc(-c3ccccc3)cc2F)C1CO. The number of β-amino-alcohol motifs (C(OH)–C–C–N with tert-alkyl or cyclic N) is 1. The number of nitrogens with zero attached hydrogens (tertiary/aromatic N) is 1. The van der Waals surface area contributed by atoms with E-state index in [1.54, 1.807) is 11.0 Å². The van der Waals surface area contributed by atoms with Gasteiger partial charge in [-0.2, -0.15) is 5.48 Å². The highest BCUT2D eigenvalue weighted by Gasteiger charge is 2.41. The summed E-state index contributed by atoms with van der Waals surface area (Å²) < 4.78 is 20.0. The molecule has 1 aliphatic heterocycles. The molecule has 1 aliphatic rings. The van der Waals surface area contributed by atoms with Crippen molar-refractivity contribution in [2.24, 2.45) is 0 Å². The number of benzene rings is 2. The molecule has 0 radical (unpaired) electrons. The van der Waals surface area contributed by atoms with Crippen molar-refractivity contribution in [3.63, 3.8) is 0 Å². The molecular formula is C24H31FN2O5. The Morgan fingerprint density at radius 1 is 1.09 bits per heavy atom. The second kappa shape index (κ2) is 12.2. The second-order valence-corrected chi connectivity index (χ2v) is 8.06. The number of piperidine rings is 1. The van der Waals surface area contributed by atoms with Crippen molar-refractivity contribution in [3.05, 3.63) is 59.9 Å². The van der Waals surface area contributed by atoms with E-state index in [4.69, 9.17) is 9.94 Å². The van der Waals surface area contributed by atoms with Crippen LogP contribution in [0.3, 0.4) is 0 Å². The quantitative estimate of drug-likeness (QED) is 0.310. The van der Waals surface area contributed by atoms with Gasteiger partial charge in [0, 0.05) is 18.7 Å². The molecule has 1 heterocycles. The van der Waals surface area contributed by atoms with E-state index in [9.17, 15) is 19.4 Å². The number of unbranched alkanes of at least 4 members (excludes halogenated alkanes) is 2. The molecule has 174 valence electrons. The third-order valence-electron chi connectivity index (χ3n) is 5.85. The Bertz CT molecular complexity index is 867. The zero-order chi connectivity index (χ0) is 22.9. The molecule has 7 nitrogen and oxygen atoms in total. The third kappa shape index (κ3) is 6.19. The van der Waals surface area contributed by atoms with E-state index in [1.165, 1.54) is 6.07 Å². The molecule has 8 heteroatoms. The highest BCUT2D eigenvalue weighted by Crippen LogP contribution is 2.22. The van der Waals surface area contributed by atoms with Gasteiger partial charge in [-0.3, -0.25) is 9.69 Å². The molecule has 3 rings (SSSR count). The van der Waals surface area contributed by atoms with E-state index in [0.29, 0.717) is 18.7 Å². The number of hydrogen-bond acceptors (Lipinski definition) is 7. The molecule has 32 heavy (non-hydrogen) atoms. The number of carbonyl (C=O) groups is 1. The molecule has 0 aliphatic carbocycles.